The maximum atomic E-state index is 11.9. The molecule has 0 aliphatic carbocycles. The van der Waals surface area contributed by atoms with Crippen LogP contribution >= 0.6 is 0 Å². The first-order valence-corrected chi connectivity index (χ1v) is 8.90. The Morgan fingerprint density at radius 3 is 2.32 bits per heavy atom. The quantitative estimate of drug-likeness (QED) is 0.488. The lowest BCUT2D eigenvalue weighted by atomic mass is 10.0. The van der Waals surface area contributed by atoms with Gasteiger partial charge in [0.05, 0.1) is 13.3 Å². The summed E-state index contributed by atoms with van der Waals surface area (Å²) in [7, 11) is 1.63. The lowest BCUT2D eigenvalue weighted by molar-refractivity contribution is -0.124. The third kappa shape index (κ3) is 4.94. The van der Waals surface area contributed by atoms with Gasteiger partial charge in [-0.15, -0.1) is 0 Å². The zero-order chi connectivity index (χ0) is 19.8. The van der Waals surface area contributed by atoms with Crippen LogP contribution in [0.3, 0.4) is 0 Å². The fourth-order valence-corrected chi connectivity index (χ4v) is 2.79. The lowest BCUT2D eigenvalue weighted by Crippen LogP contribution is -2.20. The second kappa shape index (κ2) is 9.32. The van der Waals surface area contributed by atoms with Crippen molar-refractivity contribution in [1.29, 1.82) is 0 Å². The number of benzene rings is 3. The van der Waals surface area contributed by atoms with Crippen molar-refractivity contribution in [2.45, 2.75) is 12.8 Å². The number of methoxy groups -OCH3 is 1. The molecule has 0 bridgehead atoms. The van der Waals surface area contributed by atoms with Crippen molar-refractivity contribution in [1.82, 2.24) is 5.43 Å². The van der Waals surface area contributed by atoms with Gasteiger partial charge < -0.3 is 10.1 Å². The molecule has 3 aromatic rings. The molecule has 6 nitrogen and oxygen atoms in total. The maximum absolute atomic E-state index is 11.9. The molecule has 0 saturated carbocycles. The van der Waals surface area contributed by atoms with Gasteiger partial charge in [0.1, 0.15) is 5.75 Å². The highest BCUT2D eigenvalue weighted by molar-refractivity contribution is 6.02. The molecule has 142 valence electrons. The van der Waals surface area contributed by atoms with Gasteiger partial charge in [-0.1, -0.05) is 42.5 Å². The monoisotopic (exact) mass is 375 g/mol. The molecular weight excluding hydrogens is 354 g/mol. The van der Waals surface area contributed by atoms with Crippen LogP contribution in [-0.4, -0.2) is 25.1 Å². The number of amides is 2. The van der Waals surface area contributed by atoms with Gasteiger partial charge in [-0.2, -0.15) is 5.10 Å². The Labute approximate surface area is 163 Å². The Hall–Kier alpha value is -3.67. The first kappa shape index (κ1) is 19.1. The number of para-hydroxylation sites is 1. The molecule has 0 aliphatic rings. The van der Waals surface area contributed by atoms with Crippen LogP contribution in [0.15, 0.2) is 71.8 Å². The van der Waals surface area contributed by atoms with Crippen LogP contribution < -0.4 is 15.5 Å². The van der Waals surface area contributed by atoms with Gasteiger partial charge in [-0.3, -0.25) is 9.59 Å². The molecule has 0 aromatic heterocycles. The van der Waals surface area contributed by atoms with E-state index in [0.29, 0.717) is 5.69 Å². The van der Waals surface area contributed by atoms with Crippen LogP contribution in [-0.2, 0) is 9.59 Å². The molecule has 6 heteroatoms. The summed E-state index contributed by atoms with van der Waals surface area (Å²) in [6.07, 6.45) is 1.73. The van der Waals surface area contributed by atoms with Gasteiger partial charge in [0.15, 0.2) is 0 Å². The number of nitrogens with one attached hydrogen (secondary N) is 2. The summed E-state index contributed by atoms with van der Waals surface area (Å²) in [6, 6.07) is 20.7. The summed E-state index contributed by atoms with van der Waals surface area (Å²) in [5.41, 5.74) is 4.03. The van der Waals surface area contributed by atoms with Gasteiger partial charge in [0.25, 0.3) is 0 Å². The Balaban J connectivity index is 1.54. The first-order valence-electron chi connectivity index (χ1n) is 8.90. The zero-order valence-corrected chi connectivity index (χ0v) is 15.5. The van der Waals surface area contributed by atoms with E-state index in [1.54, 1.807) is 25.5 Å². The average molecular weight is 375 g/mol. The minimum Gasteiger partial charge on any atom is -0.496 e. The number of hydrogen-bond acceptors (Lipinski definition) is 4. The molecule has 0 atom stereocenters. The van der Waals surface area contributed by atoms with E-state index >= 15 is 0 Å². The van der Waals surface area contributed by atoms with Crippen molar-refractivity contribution in [3.63, 3.8) is 0 Å². The van der Waals surface area contributed by atoms with Crippen molar-refractivity contribution in [2.75, 3.05) is 12.4 Å². The number of rotatable bonds is 7. The summed E-state index contributed by atoms with van der Waals surface area (Å²) < 4.78 is 5.37. The van der Waals surface area contributed by atoms with E-state index in [-0.39, 0.29) is 24.7 Å². The van der Waals surface area contributed by atoms with E-state index in [1.165, 1.54) is 0 Å². The summed E-state index contributed by atoms with van der Waals surface area (Å²) in [5.74, 6) is 0.241. The molecule has 0 aliphatic heterocycles. The molecule has 0 radical (unpaired) electrons. The lowest BCUT2D eigenvalue weighted by Gasteiger charge is -2.07. The number of carbonyl (C=O) groups is 2. The highest BCUT2D eigenvalue weighted by Gasteiger charge is 2.07. The third-order valence-corrected chi connectivity index (χ3v) is 4.17. The van der Waals surface area contributed by atoms with Gasteiger partial charge in [-0.25, -0.2) is 5.43 Å². The summed E-state index contributed by atoms with van der Waals surface area (Å²) >= 11 is 0. The van der Waals surface area contributed by atoms with E-state index in [1.807, 2.05) is 54.6 Å². The van der Waals surface area contributed by atoms with Gasteiger partial charge >= 0.3 is 0 Å². The number of carbonyl (C=O) groups excluding carboxylic acids is 2. The minimum atomic E-state index is -0.322. The second-order valence-electron chi connectivity index (χ2n) is 6.11. The van der Waals surface area contributed by atoms with Crippen molar-refractivity contribution >= 4 is 34.5 Å². The number of fused-ring (bicyclic) bond motifs is 1. The fourth-order valence-electron chi connectivity index (χ4n) is 2.79. The predicted molar refractivity (Wildman–Crippen MR) is 111 cm³/mol. The molecule has 3 rings (SSSR count). The van der Waals surface area contributed by atoms with E-state index < -0.39 is 0 Å². The largest absolute Gasteiger partial charge is 0.496 e. The summed E-state index contributed by atoms with van der Waals surface area (Å²) in [6.45, 7) is 0. The normalized spacial score (nSPS) is 10.8. The van der Waals surface area contributed by atoms with Crippen LogP contribution in [0.25, 0.3) is 10.8 Å². The third-order valence-electron chi connectivity index (χ3n) is 4.17. The Bertz CT molecular complexity index is 1000. The Morgan fingerprint density at radius 1 is 0.893 bits per heavy atom. The van der Waals surface area contributed by atoms with E-state index in [4.69, 9.17) is 4.74 Å². The Kier molecular flexibility index (Phi) is 6.36. The standard InChI is InChI=1S/C22H21N3O3/c1-28-20-12-11-16(18-9-5-6-10-19(18)20)15-23-25-22(27)14-13-21(26)24-17-7-3-2-4-8-17/h2-12,15H,13-14H2,1H3,(H,24,26)(H,25,27)/b23-15+. The molecule has 0 spiro atoms. The molecule has 0 saturated heterocycles. The van der Waals surface area contributed by atoms with E-state index in [9.17, 15) is 9.59 Å². The van der Waals surface area contributed by atoms with Crippen LogP contribution in [0.1, 0.15) is 18.4 Å². The van der Waals surface area contributed by atoms with Crippen molar-refractivity contribution in [2.24, 2.45) is 5.10 Å². The van der Waals surface area contributed by atoms with Crippen molar-refractivity contribution < 1.29 is 14.3 Å². The number of hydrazone groups is 1. The second-order valence-corrected chi connectivity index (χ2v) is 6.11. The molecule has 0 heterocycles. The molecule has 0 fully saturated rings. The van der Waals surface area contributed by atoms with Gasteiger partial charge in [0.2, 0.25) is 11.8 Å². The summed E-state index contributed by atoms with van der Waals surface area (Å²) in [5, 5.41) is 8.70. The maximum Gasteiger partial charge on any atom is 0.240 e. The topological polar surface area (TPSA) is 79.8 Å². The molecular formula is C22H21N3O3. The minimum absolute atomic E-state index is 0.0549. The fraction of sp³-hybridized carbons (Fsp3) is 0.136. The van der Waals surface area contributed by atoms with Crippen LogP contribution in [0, 0.1) is 0 Å². The highest BCUT2D eigenvalue weighted by atomic mass is 16.5. The van der Waals surface area contributed by atoms with Gasteiger partial charge in [-0.05, 0) is 29.7 Å². The number of nitrogens with zero attached hydrogens (tertiary/aromatic N) is 1. The van der Waals surface area contributed by atoms with Crippen molar-refractivity contribution in [3.8, 4) is 5.75 Å². The van der Waals surface area contributed by atoms with E-state index in [2.05, 4.69) is 15.8 Å². The molecule has 2 N–H and O–H groups in total. The Morgan fingerprint density at radius 2 is 1.57 bits per heavy atom. The van der Waals surface area contributed by atoms with Crippen LogP contribution in [0.4, 0.5) is 5.69 Å². The van der Waals surface area contributed by atoms with Crippen LogP contribution in [0.2, 0.25) is 0 Å². The molecule has 0 unspecified atom stereocenters. The molecule has 28 heavy (non-hydrogen) atoms. The van der Waals surface area contributed by atoms with Crippen molar-refractivity contribution in [3.05, 3.63) is 72.3 Å². The first-order chi connectivity index (χ1) is 13.7. The number of ether oxygens (including phenoxy) is 1. The highest BCUT2D eigenvalue weighted by Crippen LogP contribution is 2.27. The number of hydrogen-bond donors (Lipinski definition) is 2. The average Bonchev–Trinajstić information content (AvgIpc) is 2.73. The molecule has 3 aromatic carbocycles. The molecule has 2 amide bonds. The van der Waals surface area contributed by atoms with Crippen LogP contribution in [0.5, 0.6) is 5.75 Å². The SMILES string of the molecule is COc1ccc(/C=N/NC(=O)CCC(=O)Nc2ccccc2)c2ccccc12. The van der Waals surface area contributed by atoms with Gasteiger partial charge in [0, 0.05) is 29.5 Å². The predicted octanol–water partition coefficient (Wildman–Crippen LogP) is 3.72. The zero-order valence-electron chi connectivity index (χ0n) is 15.5. The van der Waals surface area contributed by atoms with E-state index in [0.717, 1.165) is 22.1 Å². The smallest absolute Gasteiger partial charge is 0.240 e. The summed E-state index contributed by atoms with van der Waals surface area (Å²) in [4.78, 5) is 23.8. The number of anilines is 1.